The molecule has 142 valence electrons. The van der Waals surface area contributed by atoms with E-state index in [4.69, 9.17) is 0 Å². The van der Waals surface area contributed by atoms with Crippen molar-refractivity contribution in [1.82, 2.24) is 9.97 Å². The highest BCUT2D eigenvalue weighted by Gasteiger charge is 2.28. The van der Waals surface area contributed by atoms with Crippen LogP contribution in [0.3, 0.4) is 0 Å². The van der Waals surface area contributed by atoms with Crippen molar-refractivity contribution in [2.75, 3.05) is 0 Å². The lowest BCUT2D eigenvalue weighted by Gasteiger charge is -2.19. The van der Waals surface area contributed by atoms with Crippen LogP contribution in [0.1, 0.15) is 75.2 Å². The van der Waals surface area contributed by atoms with Gasteiger partial charge >= 0.3 is 0 Å². The summed E-state index contributed by atoms with van der Waals surface area (Å²) in [5, 5.41) is 0. The Labute approximate surface area is 175 Å². The molecule has 3 aromatic rings. The Bertz CT molecular complexity index is 993. The summed E-state index contributed by atoms with van der Waals surface area (Å²) >= 11 is 2.34. The molecule has 0 aliphatic carbocycles. The first kappa shape index (κ1) is 19.9. The monoisotopic (exact) mass is 474 g/mol. The summed E-state index contributed by atoms with van der Waals surface area (Å²) in [6, 6.07) is 8.67. The third-order valence-corrected chi connectivity index (χ3v) is 6.31. The van der Waals surface area contributed by atoms with Gasteiger partial charge in [0.1, 0.15) is 0 Å². The molecule has 0 bridgehead atoms. The summed E-state index contributed by atoms with van der Waals surface area (Å²) in [5.41, 5.74) is 10.3. The highest BCUT2D eigenvalue weighted by molar-refractivity contribution is 14.1. The van der Waals surface area contributed by atoms with Gasteiger partial charge in [-0.15, -0.1) is 0 Å². The van der Waals surface area contributed by atoms with Gasteiger partial charge in [0, 0.05) is 31.9 Å². The predicted molar refractivity (Wildman–Crippen MR) is 120 cm³/mol. The molecule has 0 saturated carbocycles. The molecule has 0 fully saturated rings. The number of rotatable bonds is 5. The van der Waals surface area contributed by atoms with Gasteiger partial charge in [0.25, 0.3) is 0 Å². The van der Waals surface area contributed by atoms with Gasteiger partial charge in [0.15, 0.2) is 5.78 Å². The van der Waals surface area contributed by atoms with Crippen LogP contribution in [0.25, 0.3) is 0 Å². The van der Waals surface area contributed by atoms with Gasteiger partial charge in [-0.3, -0.25) is 4.79 Å². The zero-order valence-electron chi connectivity index (χ0n) is 16.9. The highest BCUT2D eigenvalue weighted by atomic mass is 127. The molecule has 3 rings (SSSR count). The normalized spacial score (nSPS) is 12.4. The average molecular weight is 474 g/mol. The van der Waals surface area contributed by atoms with E-state index in [1.54, 1.807) is 6.92 Å². The third kappa shape index (κ3) is 3.51. The molecule has 1 aromatic carbocycles. The van der Waals surface area contributed by atoms with Crippen molar-refractivity contribution < 1.29 is 4.79 Å². The maximum absolute atomic E-state index is 12.2. The molecule has 1 atom stereocenters. The molecule has 0 amide bonds. The average Bonchev–Trinajstić information content (AvgIpc) is 3.05. The minimum Gasteiger partial charge on any atom is -0.361 e. The lowest BCUT2D eigenvalue weighted by Crippen LogP contribution is -2.08. The number of benzene rings is 1. The molecule has 0 spiro atoms. The maximum atomic E-state index is 12.2. The Morgan fingerprint density at radius 2 is 1.52 bits per heavy atom. The van der Waals surface area contributed by atoms with Crippen LogP contribution in [0.15, 0.2) is 24.3 Å². The van der Waals surface area contributed by atoms with Crippen LogP contribution < -0.4 is 0 Å². The number of ketones is 1. The van der Waals surface area contributed by atoms with Crippen LogP contribution in [0.5, 0.6) is 0 Å². The second kappa shape index (κ2) is 7.66. The molecule has 0 aliphatic heterocycles. The van der Waals surface area contributed by atoms with Crippen molar-refractivity contribution in [2.24, 2.45) is 0 Å². The van der Waals surface area contributed by atoms with Gasteiger partial charge in [0.05, 0.1) is 5.92 Å². The number of carbonyl (C=O) groups is 1. The molecule has 0 radical (unpaired) electrons. The van der Waals surface area contributed by atoms with E-state index in [0.29, 0.717) is 0 Å². The summed E-state index contributed by atoms with van der Waals surface area (Å²) < 4.78 is 1.22. The molecule has 0 saturated heterocycles. The first-order chi connectivity index (χ1) is 12.8. The number of H-pyrrole nitrogens is 2. The van der Waals surface area contributed by atoms with E-state index in [1.165, 1.54) is 31.6 Å². The summed E-state index contributed by atoms with van der Waals surface area (Å²) in [7, 11) is 0. The second-order valence-electron chi connectivity index (χ2n) is 7.33. The Hall–Kier alpha value is -1.82. The van der Waals surface area contributed by atoms with Gasteiger partial charge < -0.3 is 9.97 Å². The van der Waals surface area contributed by atoms with Gasteiger partial charge in [-0.25, -0.2) is 0 Å². The number of aryl methyl sites for hydroxylation is 2. The first-order valence-electron chi connectivity index (χ1n) is 9.39. The number of nitrogens with one attached hydrogen (secondary N) is 2. The van der Waals surface area contributed by atoms with E-state index < -0.39 is 0 Å². The molecular weight excluding hydrogens is 447 g/mol. The van der Waals surface area contributed by atoms with Gasteiger partial charge in [0.2, 0.25) is 0 Å². The smallest absolute Gasteiger partial charge is 0.161 e. The van der Waals surface area contributed by atoms with Crippen molar-refractivity contribution in [1.29, 1.82) is 0 Å². The molecule has 3 nitrogen and oxygen atoms in total. The number of carbonyl (C=O) groups excluding carboxylic acids is 1. The lowest BCUT2D eigenvalue weighted by molar-refractivity contribution is 0.101. The SMILES string of the molecule is CCc1c(C)[nH]c(C(c2ccc(I)cc2)c2[nH]c(C)c(C(C)=O)c2C)c1C. The van der Waals surface area contributed by atoms with Crippen LogP contribution in [-0.4, -0.2) is 15.8 Å². The topological polar surface area (TPSA) is 48.6 Å². The van der Waals surface area contributed by atoms with Crippen molar-refractivity contribution in [3.8, 4) is 0 Å². The van der Waals surface area contributed by atoms with Crippen LogP contribution >= 0.6 is 22.6 Å². The van der Waals surface area contributed by atoms with Crippen LogP contribution in [0.2, 0.25) is 0 Å². The Balaban J connectivity index is 2.29. The third-order valence-electron chi connectivity index (χ3n) is 5.59. The van der Waals surface area contributed by atoms with Crippen molar-refractivity contribution >= 4 is 28.4 Å². The second-order valence-corrected chi connectivity index (χ2v) is 8.57. The summed E-state index contributed by atoms with van der Waals surface area (Å²) in [6.45, 7) is 12.2. The van der Waals surface area contributed by atoms with E-state index in [-0.39, 0.29) is 11.7 Å². The molecular formula is C23H27IN2O. The summed E-state index contributed by atoms with van der Waals surface area (Å²) in [6.07, 6.45) is 1.01. The fraction of sp³-hybridized carbons (Fsp3) is 0.348. The van der Waals surface area contributed by atoms with Crippen molar-refractivity contribution in [3.63, 3.8) is 0 Å². The molecule has 1 unspecified atom stereocenters. The minimum atomic E-state index is 0.0489. The molecule has 27 heavy (non-hydrogen) atoms. The zero-order valence-corrected chi connectivity index (χ0v) is 19.0. The molecule has 0 aliphatic rings. The Morgan fingerprint density at radius 1 is 0.963 bits per heavy atom. The summed E-state index contributed by atoms with van der Waals surface area (Å²) in [5.74, 6) is 0.162. The largest absolute Gasteiger partial charge is 0.361 e. The molecule has 4 heteroatoms. The fourth-order valence-corrected chi connectivity index (χ4v) is 4.72. The number of hydrogen-bond acceptors (Lipinski definition) is 1. The standard InChI is InChI=1S/C23H27IN2O/c1-7-19-12(2)22(25-14(19)4)21(17-8-10-18(24)11-9-17)23-13(3)20(16(6)27)15(5)26-23/h8-11,21,25-26H,7H2,1-6H3. The van der Waals surface area contributed by atoms with Gasteiger partial charge in [-0.2, -0.15) is 0 Å². The minimum absolute atomic E-state index is 0.0489. The van der Waals surface area contributed by atoms with Gasteiger partial charge in [-0.05, 0) is 98.0 Å². The highest BCUT2D eigenvalue weighted by Crippen LogP contribution is 2.38. The van der Waals surface area contributed by atoms with E-state index in [0.717, 1.165) is 28.9 Å². The van der Waals surface area contributed by atoms with Crippen molar-refractivity contribution in [3.05, 3.63) is 78.4 Å². The number of halogens is 1. The Morgan fingerprint density at radius 3 is 2.00 bits per heavy atom. The van der Waals surface area contributed by atoms with Crippen LogP contribution in [0.4, 0.5) is 0 Å². The number of aromatic nitrogens is 2. The Kier molecular flexibility index (Phi) is 5.65. The molecule has 2 N–H and O–H groups in total. The predicted octanol–water partition coefficient (Wildman–Crippen LogP) is 6.13. The number of Topliss-reactive ketones (excluding diaryl/α,β-unsaturated/α-hetero) is 1. The quantitative estimate of drug-likeness (QED) is 0.340. The van der Waals surface area contributed by atoms with E-state index in [2.05, 4.69) is 84.5 Å². The summed E-state index contributed by atoms with van der Waals surface area (Å²) in [4.78, 5) is 19.4. The lowest BCUT2D eigenvalue weighted by atomic mass is 9.87. The van der Waals surface area contributed by atoms with Crippen LogP contribution in [-0.2, 0) is 6.42 Å². The van der Waals surface area contributed by atoms with E-state index in [1.807, 2.05) is 6.92 Å². The van der Waals surface area contributed by atoms with E-state index in [9.17, 15) is 4.79 Å². The van der Waals surface area contributed by atoms with Gasteiger partial charge in [-0.1, -0.05) is 19.1 Å². The number of hydrogen-bond donors (Lipinski definition) is 2. The van der Waals surface area contributed by atoms with Crippen LogP contribution in [0, 0.1) is 31.3 Å². The zero-order chi connectivity index (χ0) is 19.9. The molecule has 2 aromatic heterocycles. The number of aromatic amines is 2. The van der Waals surface area contributed by atoms with E-state index >= 15 is 0 Å². The first-order valence-corrected chi connectivity index (χ1v) is 10.5. The molecule has 2 heterocycles. The fourth-order valence-electron chi connectivity index (χ4n) is 4.36. The maximum Gasteiger partial charge on any atom is 0.161 e. The van der Waals surface area contributed by atoms with Crippen molar-refractivity contribution in [2.45, 2.75) is 53.9 Å².